The van der Waals surface area contributed by atoms with Crippen LogP contribution < -0.4 is 5.32 Å². The summed E-state index contributed by atoms with van der Waals surface area (Å²) >= 11 is 6.06. The molecule has 25 heavy (non-hydrogen) atoms. The van der Waals surface area contributed by atoms with Gasteiger partial charge in [0.05, 0.1) is 17.5 Å². The molecule has 0 aliphatic carbocycles. The Morgan fingerprint density at radius 2 is 2.16 bits per heavy atom. The normalized spacial score (nSPS) is 15.0. The SMILES string of the molecule is CCNCC1CCN(C(=O)c2cn[nH]c2-c2cccc(Cl)c2)CC1.Cl. The Kier molecular flexibility index (Phi) is 7.29. The minimum absolute atomic E-state index is 0. The highest BCUT2D eigenvalue weighted by Crippen LogP contribution is 2.26. The molecule has 7 heteroatoms. The van der Waals surface area contributed by atoms with Crippen LogP contribution in [-0.2, 0) is 0 Å². The third kappa shape index (κ3) is 4.75. The average Bonchev–Trinajstić information content (AvgIpc) is 3.09. The van der Waals surface area contributed by atoms with Crippen molar-refractivity contribution in [3.63, 3.8) is 0 Å². The Morgan fingerprint density at radius 3 is 2.84 bits per heavy atom. The van der Waals surface area contributed by atoms with Gasteiger partial charge in [0.1, 0.15) is 0 Å². The molecule has 3 rings (SSSR count). The van der Waals surface area contributed by atoms with Gasteiger partial charge >= 0.3 is 0 Å². The first kappa shape index (κ1) is 19.8. The summed E-state index contributed by atoms with van der Waals surface area (Å²) in [5.41, 5.74) is 2.23. The van der Waals surface area contributed by atoms with E-state index in [0.717, 1.165) is 50.3 Å². The van der Waals surface area contributed by atoms with Crippen molar-refractivity contribution in [3.8, 4) is 11.3 Å². The van der Waals surface area contributed by atoms with E-state index in [0.29, 0.717) is 16.5 Å². The monoisotopic (exact) mass is 382 g/mol. The zero-order valence-electron chi connectivity index (χ0n) is 14.3. The van der Waals surface area contributed by atoms with Crippen molar-refractivity contribution in [1.29, 1.82) is 0 Å². The molecular formula is C18H24Cl2N4O. The fraction of sp³-hybridized carbons (Fsp3) is 0.444. The number of H-pyrrole nitrogens is 1. The van der Waals surface area contributed by atoms with Crippen molar-refractivity contribution in [1.82, 2.24) is 20.4 Å². The van der Waals surface area contributed by atoms with Gasteiger partial charge in [-0.1, -0.05) is 30.7 Å². The van der Waals surface area contributed by atoms with Gasteiger partial charge in [-0.25, -0.2) is 0 Å². The molecule has 1 aromatic heterocycles. The molecule has 1 aliphatic rings. The van der Waals surface area contributed by atoms with Gasteiger partial charge in [-0.05, 0) is 44.0 Å². The lowest BCUT2D eigenvalue weighted by Crippen LogP contribution is -2.40. The molecule has 0 unspecified atom stereocenters. The second-order valence-corrected chi connectivity index (χ2v) is 6.65. The maximum absolute atomic E-state index is 12.9. The van der Waals surface area contributed by atoms with Gasteiger partial charge in [0.25, 0.3) is 5.91 Å². The number of nitrogens with one attached hydrogen (secondary N) is 2. The third-order valence-corrected chi connectivity index (χ3v) is 4.80. The van der Waals surface area contributed by atoms with Gasteiger partial charge < -0.3 is 10.2 Å². The number of hydrogen-bond donors (Lipinski definition) is 2. The van der Waals surface area contributed by atoms with E-state index >= 15 is 0 Å². The molecule has 0 radical (unpaired) electrons. The van der Waals surface area contributed by atoms with Crippen molar-refractivity contribution in [2.24, 2.45) is 5.92 Å². The number of carbonyl (C=O) groups is 1. The van der Waals surface area contributed by atoms with Crippen molar-refractivity contribution in [2.45, 2.75) is 19.8 Å². The first-order valence-corrected chi connectivity index (χ1v) is 8.86. The zero-order chi connectivity index (χ0) is 16.9. The number of hydrogen-bond acceptors (Lipinski definition) is 3. The molecule has 2 aromatic rings. The van der Waals surface area contributed by atoms with Crippen LogP contribution in [0, 0.1) is 5.92 Å². The van der Waals surface area contributed by atoms with Crippen molar-refractivity contribution < 1.29 is 4.79 Å². The number of benzene rings is 1. The molecule has 1 fully saturated rings. The van der Waals surface area contributed by atoms with E-state index in [1.165, 1.54) is 0 Å². The van der Waals surface area contributed by atoms with E-state index in [4.69, 9.17) is 11.6 Å². The molecular weight excluding hydrogens is 359 g/mol. The molecule has 1 saturated heterocycles. The Hall–Kier alpha value is -1.56. The highest BCUT2D eigenvalue weighted by molar-refractivity contribution is 6.30. The minimum Gasteiger partial charge on any atom is -0.339 e. The summed E-state index contributed by atoms with van der Waals surface area (Å²) in [7, 11) is 0. The lowest BCUT2D eigenvalue weighted by atomic mass is 9.96. The van der Waals surface area contributed by atoms with Crippen molar-refractivity contribution in [3.05, 3.63) is 41.0 Å². The van der Waals surface area contributed by atoms with Crippen LogP contribution in [0.3, 0.4) is 0 Å². The predicted molar refractivity (Wildman–Crippen MR) is 103 cm³/mol. The lowest BCUT2D eigenvalue weighted by molar-refractivity contribution is 0.0691. The van der Waals surface area contributed by atoms with Gasteiger partial charge in [-0.15, -0.1) is 12.4 Å². The summed E-state index contributed by atoms with van der Waals surface area (Å²) in [6.07, 6.45) is 3.70. The smallest absolute Gasteiger partial charge is 0.257 e. The zero-order valence-corrected chi connectivity index (χ0v) is 15.9. The van der Waals surface area contributed by atoms with E-state index in [1.54, 1.807) is 6.20 Å². The van der Waals surface area contributed by atoms with Crippen molar-refractivity contribution >= 4 is 29.9 Å². The number of amides is 1. The van der Waals surface area contributed by atoms with E-state index in [1.807, 2.05) is 29.2 Å². The Labute approximate surface area is 159 Å². The quantitative estimate of drug-likeness (QED) is 0.829. The number of likely N-dealkylation sites (tertiary alicyclic amines) is 1. The first-order chi connectivity index (χ1) is 11.7. The molecule has 0 saturated carbocycles. The second kappa shape index (κ2) is 9.22. The van der Waals surface area contributed by atoms with E-state index < -0.39 is 0 Å². The summed E-state index contributed by atoms with van der Waals surface area (Å²) < 4.78 is 0. The highest BCUT2D eigenvalue weighted by Gasteiger charge is 2.26. The number of halogens is 2. The number of carbonyl (C=O) groups excluding carboxylic acids is 1. The van der Waals surface area contributed by atoms with Gasteiger partial charge in [0.15, 0.2) is 0 Å². The van der Waals surface area contributed by atoms with Crippen molar-refractivity contribution in [2.75, 3.05) is 26.2 Å². The molecule has 1 aromatic carbocycles. The largest absolute Gasteiger partial charge is 0.339 e. The van der Waals surface area contributed by atoms with Gasteiger partial charge in [-0.2, -0.15) is 5.10 Å². The van der Waals surface area contributed by atoms with Crippen LogP contribution in [0.5, 0.6) is 0 Å². The average molecular weight is 383 g/mol. The lowest BCUT2D eigenvalue weighted by Gasteiger charge is -2.32. The van der Waals surface area contributed by atoms with Crippen LogP contribution in [0.25, 0.3) is 11.3 Å². The molecule has 5 nitrogen and oxygen atoms in total. The van der Waals surface area contributed by atoms with Crippen LogP contribution in [0.15, 0.2) is 30.5 Å². The van der Waals surface area contributed by atoms with Crippen LogP contribution >= 0.6 is 24.0 Å². The minimum atomic E-state index is 0. The summed E-state index contributed by atoms with van der Waals surface area (Å²) in [5.74, 6) is 0.700. The maximum Gasteiger partial charge on any atom is 0.257 e. The van der Waals surface area contributed by atoms with Gasteiger partial charge in [-0.3, -0.25) is 9.89 Å². The number of nitrogens with zero attached hydrogens (tertiary/aromatic N) is 2. The third-order valence-electron chi connectivity index (χ3n) is 4.57. The topological polar surface area (TPSA) is 61.0 Å². The summed E-state index contributed by atoms with van der Waals surface area (Å²) in [6, 6.07) is 7.46. The van der Waals surface area contributed by atoms with Crippen LogP contribution in [0.1, 0.15) is 30.1 Å². The molecule has 0 spiro atoms. The second-order valence-electron chi connectivity index (χ2n) is 6.21. The highest BCUT2D eigenvalue weighted by atomic mass is 35.5. The molecule has 0 bridgehead atoms. The van der Waals surface area contributed by atoms with Crippen LogP contribution in [0.2, 0.25) is 5.02 Å². The number of piperidine rings is 1. The standard InChI is InChI=1S/C18H23ClN4O.ClH/c1-2-20-11-13-6-8-23(9-7-13)18(24)16-12-21-22-17(16)14-4-3-5-15(19)10-14;/h3-5,10,12-13,20H,2,6-9,11H2,1H3,(H,21,22);1H. The van der Waals surface area contributed by atoms with Gasteiger partial charge in [0, 0.05) is 23.7 Å². The van der Waals surface area contributed by atoms with E-state index in [2.05, 4.69) is 22.4 Å². The predicted octanol–water partition coefficient (Wildman–Crippen LogP) is 3.61. The van der Waals surface area contributed by atoms with E-state index in [9.17, 15) is 4.79 Å². The van der Waals surface area contributed by atoms with Gasteiger partial charge in [0.2, 0.25) is 0 Å². The summed E-state index contributed by atoms with van der Waals surface area (Å²) in [6.45, 7) is 5.76. The first-order valence-electron chi connectivity index (χ1n) is 8.48. The molecule has 1 aliphatic heterocycles. The number of aromatic nitrogens is 2. The molecule has 1 amide bonds. The van der Waals surface area contributed by atoms with Crippen LogP contribution in [-0.4, -0.2) is 47.2 Å². The van der Waals surface area contributed by atoms with E-state index in [-0.39, 0.29) is 18.3 Å². The molecule has 2 heterocycles. The number of aromatic amines is 1. The maximum atomic E-state index is 12.9. The Balaban J connectivity index is 0.00000225. The summed E-state index contributed by atoms with van der Waals surface area (Å²) in [5, 5.41) is 11.1. The molecule has 2 N–H and O–H groups in total. The Morgan fingerprint density at radius 1 is 1.40 bits per heavy atom. The fourth-order valence-electron chi connectivity index (χ4n) is 3.17. The Bertz CT molecular complexity index is 696. The number of rotatable bonds is 5. The van der Waals surface area contributed by atoms with Crippen LogP contribution in [0.4, 0.5) is 0 Å². The fourth-order valence-corrected chi connectivity index (χ4v) is 3.36. The molecule has 136 valence electrons. The molecule has 0 atom stereocenters. The summed E-state index contributed by atoms with van der Waals surface area (Å²) in [4.78, 5) is 14.8.